The highest BCUT2D eigenvalue weighted by Gasteiger charge is 2.14. The second-order valence-corrected chi connectivity index (χ2v) is 5.48. The molecule has 0 fully saturated rings. The molecule has 2 heterocycles. The van der Waals surface area contributed by atoms with Crippen LogP contribution in [0.3, 0.4) is 0 Å². The van der Waals surface area contributed by atoms with E-state index in [-0.39, 0.29) is 6.54 Å². The van der Waals surface area contributed by atoms with E-state index in [4.69, 9.17) is 10.2 Å². The highest BCUT2D eigenvalue weighted by atomic mass is 16.5. The van der Waals surface area contributed by atoms with E-state index in [0.717, 1.165) is 47.3 Å². The molecule has 0 unspecified atom stereocenters. The monoisotopic (exact) mass is 312 g/mol. The van der Waals surface area contributed by atoms with Gasteiger partial charge in [-0.1, -0.05) is 31.5 Å². The molecular weight excluding hydrogens is 292 g/mol. The minimum Gasteiger partial charge on any atom is -0.360 e. The summed E-state index contributed by atoms with van der Waals surface area (Å²) in [6, 6.07) is 12.1. The van der Waals surface area contributed by atoms with Crippen LogP contribution in [0.25, 0.3) is 16.6 Å². The molecule has 0 spiro atoms. The van der Waals surface area contributed by atoms with Gasteiger partial charge in [0.1, 0.15) is 11.5 Å². The van der Waals surface area contributed by atoms with E-state index in [1.807, 2.05) is 40.8 Å². The molecule has 6 nitrogen and oxygen atoms in total. The average molecular weight is 312 g/mol. The first-order chi connectivity index (χ1) is 11.2. The van der Waals surface area contributed by atoms with Gasteiger partial charge >= 0.3 is 0 Å². The van der Waals surface area contributed by atoms with Gasteiger partial charge in [-0.05, 0) is 36.4 Å². The van der Waals surface area contributed by atoms with Gasteiger partial charge in [0.15, 0.2) is 0 Å². The fraction of sp³-hybridized carbons (Fsp3) is 0.294. The van der Waals surface area contributed by atoms with Crippen LogP contribution in [-0.4, -0.2) is 27.0 Å². The molecule has 0 bridgehead atoms. The summed E-state index contributed by atoms with van der Waals surface area (Å²) in [7, 11) is 0. The molecule has 2 aromatic heterocycles. The smallest absolute Gasteiger partial charge is 0.262 e. The second kappa shape index (κ2) is 6.66. The lowest BCUT2D eigenvalue weighted by Crippen LogP contribution is -2.27. The first-order valence-corrected chi connectivity index (χ1v) is 7.80. The number of carbonyl (C=O) groups excluding carboxylic acids is 1. The zero-order chi connectivity index (χ0) is 16.2. The van der Waals surface area contributed by atoms with Crippen LogP contribution in [0.1, 0.15) is 25.5 Å². The number of imidazole rings is 1. The van der Waals surface area contributed by atoms with Crippen molar-refractivity contribution in [3.8, 4) is 0 Å². The number of pyridine rings is 1. The molecule has 0 aliphatic rings. The summed E-state index contributed by atoms with van der Waals surface area (Å²) in [5.74, 6) is 0.329. The number of nitrogens with one attached hydrogen (secondary N) is 2. The van der Waals surface area contributed by atoms with Gasteiger partial charge in [0.25, 0.3) is 5.91 Å². The number of hydroxylamine groups is 1. The van der Waals surface area contributed by atoms with Crippen molar-refractivity contribution in [3.05, 3.63) is 42.1 Å². The van der Waals surface area contributed by atoms with Crippen molar-refractivity contribution in [3.63, 3.8) is 0 Å². The van der Waals surface area contributed by atoms with Crippen LogP contribution < -0.4 is 10.8 Å². The predicted molar refractivity (Wildman–Crippen MR) is 89.7 cm³/mol. The van der Waals surface area contributed by atoms with E-state index in [2.05, 4.69) is 12.2 Å². The van der Waals surface area contributed by atoms with Gasteiger partial charge in [-0.25, -0.2) is 10.5 Å². The highest BCUT2D eigenvalue weighted by molar-refractivity contribution is 5.85. The van der Waals surface area contributed by atoms with Crippen molar-refractivity contribution in [2.45, 2.75) is 26.2 Å². The molecule has 0 aliphatic heterocycles. The topological polar surface area (TPSA) is 78.7 Å². The quantitative estimate of drug-likeness (QED) is 0.483. The first kappa shape index (κ1) is 15.3. The van der Waals surface area contributed by atoms with Gasteiger partial charge in [0.2, 0.25) is 0 Å². The van der Waals surface area contributed by atoms with Crippen LogP contribution in [0.4, 0.5) is 5.82 Å². The Labute approximate surface area is 134 Å². The fourth-order valence-corrected chi connectivity index (χ4v) is 2.74. The van der Waals surface area contributed by atoms with Crippen LogP contribution in [0.5, 0.6) is 0 Å². The summed E-state index contributed by atoms with van der Waals surface area (Å²) in [4.78, 5) is 16.1. The normalized spacial score (nSPS) is 11.0. The number of amides is 1. The van der Waals surface area contributed by atoms with Crippen molar-refractivity contribution < 1.29 is 10.0 Å². The Hall–Kier alpha value is -2.60. The summed E-state index contributed by atoms with van der Waals surface area (Å²) in [6.45, 7) is 2.13. The van der Waals surface area contributed by atoms with E-state index in [1.54, 1.807) is 5.48 Å². The number of fused-ring (bicyclic) bond motifs is 3. The van der Waals surface area contributed by atoms with Crippen molar-refractivity contribution in [2.75, 3.05) is 11.9 Å². The van der Waals surface area contributed by atoms with E-state index in [0.29, 0.717) is 0 Å². The molecular formula is C17H20N4O2. The molecule has 120 valence electrons. The number of para-hydroxylation sites is 1. The van der Waals surface area contributed by atoms with E-state index in [9.17, 15) is 4.79 Å². The number of hydrogen-bond acceptors (Lipinski definition) is 4. The van der Waals surface area contributed by atoms with Crippen molar-refractivity contribution in [2.24, 2.45) is 0 Å². The SMILES string of the molecule is CCCCc1nc2ccc3ccccc3n2c1NCC(=O)NO. The number of carbonyl (C=O) groups is 1. The van der Waals surface area contributed by atoms with Gasteiger partial charge in [-0.15, -0.1) is 0 Å². The van der Waals surface area contributed by atoms with Crippen molar-refractivity contribution in [1.82, 2.24) is 14.9 Å². The molecule has 23 heavy (non-hydrogen) atoms. The molecule has 3 aromatic rings. The summed E-state index contributed by atoms with van der Waals surface area (Å²) in [5.41, 5.74) is 4.47. The van der Waals surface area contributed by atoms with E-state index < -0.39 is 5.91 Å². The standard InChI is InChI=1S/C17H20N4O2/c1-2-3-7-13-17(18-11-16(22)20-23)21-14-8-5-4-6-12(14)9-10-15(21)19-13/h4-6,8-10,18,23H,2-3,7,11H2,1H3,(H,20,22). The summed E-state index contributed by atoms with van der Waals surface area (Å²) in [5, 5.41) is 12.9. The molecule has 3 N–H and O–H groups in total. The second-order valence-electron chi connectivity index (χ2n) is 5.48. The number of nitrogens with zero attached hydrogens (tertiary/aromatic N) is 2. The maximum atomic E-state index is 11.4. The van der Waals surface area contributed by atoms with Gasteiger partial charge in [0, 0.05) is 0 Å². The fourth-order valence-electron chi connectivity index (χ4n) is 2.74. The van der Waals surface area contributed by atoms with Crippen molar-refractivity contribution >= 4 is 28.3 Å². The summed E-state index contributed by atoms with van der Waals surface area (Å²) in [6.07, 6.45) is 2.95. The zero-order valence-corrected chi connectivity index (χ0v) is 13.0. The zero-order valence-electron chi connectivity index (χ0n) is 13.0. The van der Waals surface area contributed by atoms with Gasteiger partial charge in [0.05, 0.1) is 17.8 Å². The van der Waals surface area contributed by atoms with Gasteiger partial charge in [-0.2, -0.15) is 0 Å². The number of unbranched alkanes of at least 4 members (excludes halogenated alkanes) is 1. The number of benzene rings is 1. The molecule has 0 saturated carbocycles. The first-order valence-electron chi connectivity index (χ1n) is 7.80. The maximum absolute atomic E-state index is 11.4. The lowest BCUT2D eigenvalue weighted by atomic mass is 10.2. The van der Waals surface area contributed by atoms with Crippen LogP contribution in [0.2, 0.25) is 0 Å². The molecule has 3 rings (SSSR count). The Morgan fingerprint density at radius 1 is 1.26 bits per heavy atom. The maximum Gasteiger partial charge on any atom is 0.262 e. The number of hydrogen-bond donors (Lipinski definition) is 3. The number of aromatic nitrogens is 2. The van der Waals surface area contributed by atoms with Crippen LogP contribution in [0.15, 0.2) is 36.4 Å². The van der Waals surface area contributed by atoms with Crippen LogP contribution in [0, 0.1) is 0 Å². The molecule has 0 atom stereocenters. The lowest BCUT2D eigenvalue weighted by Gasteiger charge is -2.10. The Bertz CT molecular complexity index is 841. The third kappa shape index (κ3) is 2.98. The molecule has 6 heteroatoms. The molecule has 1 aromatic carbocycles. The minimum atomic E-state index is -0.485. The number of anilines is 1. The third-order valence-corrected chi connectivity index (χ3v) is 3.87. The highest BCUT2D eigenvalue weighted by Crippen LogP contribution is 2.25. The largest absolute Gasteiger partial charge is 0.360 e. The predicted octanol–water partition coefficient (Wildman–Crippen LogP) is 2.75. The molecule has 0 saturated heterocycles. The Morgan fingerprint density at radius 3 is 2.87 bits per heavy atom. The minimum absolute atomic E-state index is 0.00730. The van der Waals surface area contributed by atoms with Gasteiger partial charge in [-0.3, -0.25) is 14.4 Å². The van der Waals surface area contributed by atoms with E-state index in [1.165, 1.54) is 0 Å². The molecule has 1 amide bonds. The summed E-state index contributed by atoms with van der Waals surface area (Å²) >= 11 is 0. The van der Waals surface area contributed by atoms with E-state index >= 15 is 0 Å². The Morgan fingerprint density at radius 2 is 2.09 bits per heavy atom. The molecule has 0 radical (unpaired) electrons. The summed E-state index contributed by atoms with van der Waals surface area (Å²) < 4.78 is 2.03. The number of rotatable bonds is 6. The number of aryl methyl sites for hydroxylation is 1. The van der Waals surface area contributed by atoms with Crippen LogP contribution >= 0.6 is 0 Å². The Kier molecular flexibility index (Phi) is 4.43. The Balaban J connectivity index is 2.13. The van der Waals surface area contributed by atoms with Crippen molar-refractivity contribution in [1.29, 1.82) is 0 Å². The lowest BCUT2D eigenvalue weighted by molar-refractivity contribution is -0.127. The average Bonchev–Trinajstić information content (AvgIpc) is 2.95. The van der Waals surface area contributed by atoms with Crippen LogP contribution in [-0.2, 0) is 11.2 Å². The third-order valence-electron chi connectivity index (χ3n) is 3.87. The molecule has 0 aliphatic carbocycles. The van der Waals surface area contributed by atoms with Gasteiger partial charge < -0.3 is 5.32 Å².